The maximum atomic E-state index is 14.5. The van der Waals surface area contributed by atoms with E-state index < -0.39 is 41.7 Å². The van der Waals surface area contributed by atoms with Crippen molar-refractivity contribution in [1.82, 2.24) is 9.78 Å². The highest BCUT2D eigenvalue weighted by molar-refractivity contribution is 5.99. The Morgan fingerprint density at radius 2 is 1.88 bits per heavy atom. The lowest BCUT2D eigenvalue weighted by Gasteiger charge is -2.48. The van der Waals surface area contributed by atoms with Gasteiger partial charge in [0.15, 0.2) is 17.5 Å². The molecule has 2 saturated carbocycles. The number of Topliss-reactive ketones (excluding diaryl/α,β-unsaturated/α-hetero) is 1. The van der Waals surface area contributed by atoms with Crippen molar-refractivity contribution >= 4 is 11.8 Å². The van der Waals surface area contributed by atoms with Crippen LogP contribution >= 0.6 is 0 Å². The van der Waals surface area contributed by atoms with Crippen LogP contribution in [-0.2, 0) is 16.6 Å². The minimum absolute atomic E-state index is 0.0553. The topological polar surface area (TPSA) is 122 Å². The summed E-state index contributed by atoms with van der Waals surface area (Å²) in [4.78, 5) is 28.5. The van der Waals surface area contributed by atoms with Crippen LogP contribution in [0.2, 0.25) is 0 Å². The molecule has 0 aliphatic heterocycles. The van der Waals surface area contributed by atoms with Crippen LogP contribution in [0.4, 0.5) is 0 Å². The first-order valence-electron chi connectivity index (χ1n) is 14.1. The second-order valence-corrected chi connectivity index (χ2v) is 12.9. The summed E-state index contributed by atoms with van der Waals surface area (Å²) in [7, 11) is 1.74. The van der Waals surface area contributed by atoms with E-state index >= 15 is 0 Å². The van der Waals surface area contributed by atoms with E-state index in [0.717, 1.165) is 5.56 Å². The van der Waals surface area contributed by atoms with Crippen molar-refractivity contribution in [3.05, 3.63) is 64.9 Å². The third kappa shape index (κ3) is 3.27. The van der Waals surface area contributed by atoms with Gasteiger partial charge in [-0.05, 0) is 54.6 Å². The van der Waals surface area contributed by atoms with Gasteiger partial charge in [0.05, 0.1) is 17.7 Å². The van der Waals surface area contributed by atoms with Crippen molar-refractivity contribution in [2.24, 2.45) is 41.5 Å². The molecular formula is C32H38N2O6. The summed E-state index contributed by atoms with van der Waals surface area (Å²) < 4.78 is 7.73. The number of hydrogen-bond donors (Lipinski definition) is 3. The van der Waals surface area contributed by atoms with Gasteiger partial charge in [0, 0.05) is 18.5 Å². The highest BCUT2D eigenvalue weighted by Crippen LogP contribution is 2.71. The largest absolute Gasteiger partial charge is 0.451 e. The molecule has 4 aliphatic carbocycles. The van der Waals surface area contributed by atoms with Crippen molar-refractivity contribution in [3.63, 3.8) is 0 Å². The number of aromatic nitrogens is 2. The number of esters is 1. The number of nitrogens with zero attached hydrogens (tertiary/aromatic N) is 2. The first kappa shape index (κ1) is 27.1. The monoisotopic (exact) mass is 546 g/mol. The smallest absolute Gasteiger partial charge is 0.342 e. The van der Waals surface area contributed by atoms with E-state index in [0.29, 0.717) is 23.4 Å². The number of fused-ring (bicyclic) bond motifs is 3. The predicted octanol–water partition coefficient (Wildman–Crippen LogP) is 3.39. The number of ketones is 1. The fourth-order valence-electron chi connectivity index (χ4n) is 8.41. The molecule has 0 radical (unpaired) electrons. The van der Waals surface area contributed by atoms with Gasteiger partial charge in [0.2, 0.25) is 0 Å². The number of carbonyl (C=O) groups is 2. The summed E-state index contributed by atoms with van der Waals surface area (Å²) in [6.07, 6.45) is 1.20. The predicted molar refractivity (Wildman–Crippen MR) is 148 cm³/mol. The second-order valence-electron chi connectivity index (χ2n) is 12.9. The summed E-state index contributed by atoms with van der Waals surface area (Å²) in [6.45, 7) is 9.23. The van der Waals surface area contributed by atoms with Crippen LogP contribution in [-0.4, -0.2) is 61.3 Å². The number of aliphatic hydroxyl groups is 3. The number of hydrogen-bond acceptors (Lipinski definition) is 7. The lowest BCUT2D eigenvalue weighted by Crippen LogP contribution is -2.65. The van der Waals surface area contributed by atoms with Crippen LogP contribution in [0.15, 0.2) is 53.6 Å². The van der Waals surface area contributed by atoms with E-state index in [2.05, 4.69) is 18.9 Å². The molecule has 3 N–H and O–H groups in total. The molecule has 0 amide bonds. The van der Waals surface area contributed by atoms with E-state index in [-0.39, 0.29) is 40.1 Å². The van der Waals surface area contributed by atoms with E-state index in [1.54, 1.807) is 37.7 Å². The molecule has 0 unspecified atom stereocenters. The zero-order valence-electron chi connectivity index (χ0n) is 23.9. The number of carbonyl (C=O) groups excluding carboxylic acids is 2. The zero-order chi connectivity index (χ0) is 28.9. The van der Waals surface area contributed by atoms with Crippen molar-refractivity contribution in [2.45, 2.75) is 58.8 Å². The van der Waals surface area contributed by atoms with Gasteiger partial charge in [-0.25, -0.2) is 4.79 Å². The maximum Gasteiger partial charge on any atom is 0.342 e. The summed E-state index contributed by atoms with van der Waals surface area (Å²) in [6, 6.07) is 9.30. The van der Waals surface area contributed by atoms with Crippen LogP contribution in [0.5, 0.6) is 0 Å². The van der Waals surface area contributed by atoms with Crippen molar-refractivity contribution in [2.75, 3.05) is 6.61 Å². The van der Waals surface area contributed by atoms with Gasteiger partial charge in [-0.1, -0.05) is 63.3 Å². The van der Waals surface area contributed by atoms with Gasteiger partial charge in [-0.3, -0.25) is 9.48 Å². The fourth-order valence-corrected chi connectivity index (χ4v) is 8.41. The molecule has 1 heterocycles. The van der Waals surface area contributed by atoms with E-state index in [4.69, 9.17) is 4.74 Å². The van der Waals surface area contributed by atoms with Crippen LogP contribution in [0.25, 0.3) is 11.3 Å². The SMILES string of the molecule is CC1=C[C@]23C(=O)[C@@H](C=C(CO)[C@@H](O)[C@]2(O)[C@H]1OC(=O)c1c(-c2ccccc2)nn(C)c1C)[C@H]1[C@@H](C[C@H]3C)C1(C)C. The molecule has 212 valence electrons. The van der Waals surface area contributed by atoms with Crippen molar-refractivity contribution in [1.29, 1.82) is 0 Å². The third-order valence-corrected chi connectivity index (χ3v) is 10.7. The Morgan fingerprint density at radius 3 is 2.52 bits per heavy atom. The number of allylic oxidation sites excluding steroid dienone is 1. The number of rotatable bonds is 4. The summed E-state index contributed by atoms with van der Waals surface area (Å²) in [5.41, 5.74) is -0.996. The average molecular weight is 547 g/mol. The highest BCUT2D eigenvalue weighted by Gasteiger charge is 2.76. The highest BCUT2D eigenvalue weighted by atomic mass is 16.6. The number of aryl methyl sites for hydroxylation is 1. The Bertz CT molecular complexity index is 1470. The number of benzene rings is 1. The summed E-state index contributed by atoms with van der Waals surface area (Å²) in [5, 5.41) is 39.3. The lowest BCUT2D eigenvalue weighted by atomic mass is 9.59. The molecule has 2 fully saturated rings. The Balaban J connectivity index is 1.46. The molecule has 8 atom stereocenters. The third-order valence-electron chi connectivity index (χ3n) is 10.7. The Morgan fingerprint density at radius 1 is 1.20 bits per heavy atom. The van der Waals surface area contributed by atoms with Crippen LogP contribution in [0.3, 0.4) is 0 Å². The molecular weight excluding hydrogens is 508 g/mol. The van der Waals surface area contributed by atoms with E-state index in [9.17, 15) is 24.9 Å². The number of aliphatic hydroxyl groups excluding tert-OH is 2. The van der Waals surface area contributed by atoms with Crippen LogP contribution < -0.4 is 0 Å². The van der Waals surface area contributed by atoms with Crippen LogP contribution in [0, 0.1) is 41.4 Å². The molecule has 4 aliphatic rings. The Hall–Kier alpha value is -3.07. The maximum absolute atomic E-state index is 14.5. The molecule has 0 saturated heterocycles. The minimum atomic E-state index is -2.18. The standard InChI is InChI=1S/C32H38N2O6/c1-16-14-31-17(2)12-22-24(30(22,4)5)21(27(31)37)13-20(15-35)26(36)32(31,39)28(16)40-29(38)23-18(3)34(6)33-25(23)19-10-8-7-9-11-19/h7-11,13-14,17,21-22,24,26,28,35-36,39H,12,15H2,1-6H3/t17-,21+,22-,24+,26-,28+,31+,32+/m1/s1. The van der Waals surface area contributed by atoms with Crippen molar-refractivity contribution < 1.29 is 29.6 Å². The zero-order valence-corrected chi connectivity index (χ0v) is 23.9. The summed E-state index contributed by atoms with van der Waals surface area (Å²) >= 11 is 0. The quantitative estimate of drug-likeness (QED) is 0.397. The molecule has 2 bridgehead atoms. The lowest BCUT2D eigenvalue weighted by molar-refractivity contribution is -0.190. The molecule has 2 aromatic rings. The van der Waals surface area contributed by atoms with Gasteiger partial charge < -0.3 is 20.1 Å². The number of ether oxygens (including phenoxy) is 1. The molecule has 1 aromatic heterocycles. The minimum Gasteiger partial charge on any atom is -0.451 e. The first-order chi connectivity index (χ1) is 18.8. The Labute approximate surface area is 234 Å². The van der Waals surface area contributed by atoms with E-state index in [1.807, 2.05) is 37.3 Å². The van der Waals surface area contributed by atoms with E-state index in [1.165, 1.54) is 0 Å². The Kier molecular flexibility index (Phi) is 5.91. The van der Waals surface area contributed by atoms with Gasteiger partial charge in [-0.15, -0.1) is 0 Å². The molecule has 1 aromatic carbocycles. The van der Waals surface area contributed by atoms with Crippen molar-refractivity contribution in [3.8, 4) is 11.3 Å². The van der Waals surface area contributed by atoms with Gasteiger partial charge in [-0.2, -0.15) is 5.10 Å². The first-order valence-corrected chi connectivity index (χ1v) is 14.1. The molecule has 6 rings (SSSR count). The van der Waals surface area contributed by atoms with Gasteiger partial charge in [0.25, 0.3) is 0 Å². The average Bonchev–Trinajstić information content (AvgIpc) is 3.24. The summed E-state index contributed by atoms with van der Waals surface area (Å²) in [5.74, 6) is -1.44. The molecule has 1 spiro atoms. The second kappa shape index (κ2) is 8.71. The molecule has 40 heavy (non-hydrogen) atoms. The normalized spacial score (nSPS) is 37.5. The molecule has 8 nitrogen and oxygen atoms in total. The van der Waals surface area contributed by atoms with Gasteiger partial charge >= 0.3 is 5.97 Å². The van der Waals surface area contributed by atoms with Crippen LogP contribution in [0.1, 0.15) is 50.2 Å². The van der Waals surface area contributed by atoms with Gasteiger partial charge in [0.1, 0.15) is 17.4 Å². The molecule has 8 heteroatoms. The fraction of sp³-hybridized carbons (Fsp3) is 0.531.